The molecule has 3 aromatic rings. The molecule has 2 N–H and O–H groups in total. The van der Waals surface area contributed by atoms with Crippen LogP contribution in [-0.4, -0.2) is 60.0 Å². The van der Waals surface area contributed by atoms with Gasteiger partial charge in [-0.3, -0.25) is 0 Å². The van der Waals surface area contributed by atoms with Gasteiger partial charge in [-0.05, 0) is 41.3 Å². The number of hydrogen-bond donors (Lipinski definition) is 2. The molecule has 0 bridgehead atoms. The van der Waals surface area contributed by atoms with Crippen LogP contribution in [0.3, 0.4) is 0 Å². The fourth-order valence-electron chi connectivity index (χ4n) is 4.17. The van der Waals surface area contributed by atoms with Gasteiger partial charge < -0.3 is 25.1 Å². The van der Waals surface area contributed by atoms with Gasteiger partial charge in [0.2, 0.25) is 0 Å². The maximum Gasteiger partial charge on any atom is 0.172 e. The van der Waals surface area contributed by atoms with Crippen molar-refractivity contribution in [1.82, 2.24) is 14.6 Å². The van der Waals surface area contributed by atoms with Crippen LogP contribution in [0, 0.1) is 5.41 Å². The Morgan fingerprint density at radius 3 is 2.84 bits per heavy atom. The lowest BCUT2D eigenvalue weighted by Crippen LogP contribution is -2.36. The average molecular weight is 485 g/mol. The number of fused-ring (bicyclic) bond motifs is 1. The maximum atomic E-state index is 8.17. The molecular weight excluding hydrogens is 460 g/mol. The highest BCUT2D eigenvalue weighted by atomic mass is 79.9. The average Bonchev–Trinajstić information content (AvgIpc) is 3.20. The van der Waals surface area contributed by atoms with Gasteiger partial charge in [-0.2, -0.15) is 5.10 Å². The van der Waals surface area contributed by atoms with Crippen molar-refractivity contribution in [1.29, 1.82) is 5.41 Å². The molecule has 8 nitrogen and oxygen atoms in total. The largest absolute Gasteiger partial charge is 0.378 e. The Kier molecular flexibility index (Phi) is 5.89. The number of aromatic nitrogens is 3. The minimum atomic E-state index is -0.0251. The Hall–Kier alpha value is -2.49. The van der Waals surface area contributed by atoms with E-state index < -0.39 is 0 Å². The Balaban J connectivity index is 1.61. The van der Waals surface area contributed by atoms with Gasteiger partial charge in [0, 0.05) is 48.8 Å². The number of rotatable bonds is 5. The molecule has 0 saturated carbocycles. The van der Waals surface area contributed by atoms with Gasteiger partial charge in [0.25, 0.3) is 0 Å². The molecule has 1 unspecified atom stereocenters. The smallest absolute Gasteiger partial charge is 0.172 e. The molecule has 2 aliphatic rings. The van der Waals surface area contributed by atoms with Crippen LogP contribution < -0.4 is 10.2 Å². The van der Waals surface area contributed by atoms with E-state index in [4.69, 9.17) is 19.9 Å². The second kappa shape index (κ2) is 8.94. The highest BCUT2D eigenvalue weighted by Gasteiger charge is 2.21. The molecule has 5 rings (SSSR count). The minimum absolute atomic E-state index is 0.0251. The summed E-state index contributed by atoms with van der Waals surface area (Å²) in [6.07, 6.45) is 6.35. The quantitative estimate of drug-likeness (QED) is 0.533. The number of halogens is 1. The van der Waals surface area contributed by atoms with Crippen LogP contribution in [0.15, 0.2) is 34.9 Å². The predicted molar refractivity (Wildman–Crippen MR) is 124 cm³/mol. The van der Waals surface area contributed by atoms with E-state index in [1.54, 1.807) is 6.20 Å². The molecule has 2 fully saturated rings. The summed E-state index contributed by atoms with van der Waals surface area (Å²) >= 11 is 3.58. The van der Waals surface area contributed by atoms with E-state index in [0.717, 1.165) is 77.4 Å². The van der Waals surface area contributed by atoms with E-state index in [1.165, 1.54) is 6.21 Å². The fraction of sp³-hybridized carbons (Fsp3) is 0.409. The van der Waals surface area contributed by atoms with Crippen molar-refractivity contribution in [2.45, 2.75) is 25.5 Å². The number of anilines is 2. The van der Waals surface area contributed by atoms with Crippen LogP contribution in [0.4, 0.5) is 11.5 Å². The lowest BCUT2D eigenvalue weighted by molar-refractivity contribution is 0.0343. The monoisotopic (exact) mass is 484 g/mol. The molecule has 4 heterocycles. The molecule has 162 valence electrons. The van der Waals surface area contributed by atoms with Crippen molar-refractivity contribution in [3.8, 4) is 11.3 Å². The number of hydrogen-bond acceptors (Lipinski definition) is 7. The van der Waals surface area contributed by atoms with E-state index in [2.05, 4.69) is 37.3 Å². The van der Waals surface area contributed by atoms with E-state index in [9.17, 15) is 0 Å². The van der Waals surface area contributed by atoms with Gasteiger partial charge in [-0.25, -0.2) is 9.50 Å². The van der Waals surface area contributed by atoms with E-state index in [0.29, 0.717) is 13.2 Å². The molecule has 9 heteroatoms. The van der Waals surface area contributed by atoms with Gasteiger partial charge >= 0.3 is 0 Å². The molecule has 2 saturated heterocycles. The lowest BCUT2D eigenvalue weighted by atomic mass is 10.0. The molecule has 31 heavy (non-hydrogen) atoms. The predicted octanol–water partition coefficient (Wildman–Crippen LogP) is 3.93. The van der Waals surface area contributed by atoms with E-state index in [-0.39, 0.29) is 6.23 Å². The van der Waals surface area contributed by atoms with Crippen LogP contribution >= 0.6 is 15.9 Å². The summed E-state index contributed by atoms with van der Waals surface area (Å²) in [6, 6.07) is 8.09. The van der Waals surface area contributed by atoms with Gasteiger partial charge in [0.05, 0.1) is 29.6 Å². The fourth-order valence-corrected chi connectivity index (χ4v) is 4.52. The summed E-state index contributed by atoms with van der Waals surface area (Å²) in [5, 5.41) is 16.2. The summed E-state index contributed by atoms with van der Waals surface area (Å²) in [5.41, 5.74) is 4.27. The lowest BCUT2D eigenvalue weighted by Gasteiger charge is -2.28. The molecule has 1 atom stereocenters. The summed E-state index contributed by atoms with van der Waals surface area (Å²) in [5.74, 6) is 0.886. The van der Waals surface area contributed by atoms with E-state index >= 15 is 0 Å². The topological polar surface area (TPSA) is 87.8 Å². The number of morpholine rings is 1. The molecular formula is C22H25BrN6O2. The van der Waals surface area contributed by atoms with Crippen molar-refractivity contribution >= 4 is 39.3 Å². The van der Waals surface area contributed by atoms with Crippen molar-refractivity contribution in [2.24, 2.45) is 0 Å². The number of nitrogens with zero attached hydrogens (tertiary/aromatic N) is 4. The SMILES string of the molecule is N=Cc1c(NC2CCCCO2)cccc1-c1cc(N2CCOCC2)nc2c(Br)cnn12. The van der Waals surface area contributed by atoms with Gasteiger partial charge in [0.1, 0.15) is 12.0 Å². The standard InChI is InChI=1S/C22H25BrN6O2/c23-17-14-25-29-19(12-20(27-22(17)29)28-7-10-30-11-8-28)15-4-3-5-18(16(15)13-24)26-21-6-1-2-9-31-21/h3-5,12-14,21,24,26H,1-2,6-11H2. The van der Waals surface area contributed by atoms with Crippen molar-refractivity contribution in [3.63, 3.8) is 0 Å². The third kappa shape index (κ3) is 4.05. The van der Waals surface area contributed by atoms with Crippen molar-refractivity contribution < 1.29 is 9.47 Å². The van der Waals surface area contributed by atoms with Crippen LogP contribution in [0.5, 0.6) is 0 Å². The molecule has 2 aliphatic heterocycles. The highest BCUT2D eigenvalue weighted by molar-refractivity contribution is 9.10. The zero-order valence-electron chi connectivity index (χ0n) is 17.2. The van der Waals surface area contributed by atoms with Crippen LogP contribution in [0.25, 0.3) is 16.9 Å². The first-order valence-corrected chi connectivity index (χ1v) is 11.4. The van der Waals surface area contributed by atoms with Crippen LogP contribution in [0.1, 0.15) is 24.8 Å². The summed E-state index contributed by atoms with van der Waals surface area (Å²) in [6.45, 7) is 3.75. The zero-order chi connectivity index (χ0) is 21.2. The Morgan fingerprint density at radius 2 is 2.06 bits per heavy atom. The molecule has 0 spiro atoms. The molecule has 0 aliphatic carbocycles. The molecule has 0 amide bonds. The van der Waals surface area contributed by atoms with Gasteiger partial charge in [0.15, 0.2) is 5.65 Å². The molecule has 1 aromatic carbocycles. The Morgan fingerprint density at radius 1 is 1.19 bits per heavy atom. The second-order valence-electron chi connectivity index (χ2n) is 7.74. The maximum absolute atomic E-state index is 8.17. The van der Waals surface area contributed by atoms with Crippen LogP contribution in [-0.2, 0) is 9.47 Å². The Labute approximate surface area is 189 Å². The molecule has 2 aromatic heterocycles. The minimum Gasteiger partial charge on any atom is -0.378 e. The first-order chi connectivity index (χ1) is 15.2. The first kappa shape index (κ1) is 20.4. The number of benzene rings is 1. The number of ether oxygens (including phenoxy) is 2. The first-order valence-electron chi connectivity index (χ1n) is 10.6. The van der Waals surface area contributed by atoms with Gasteiger partial charge in [-0.15, -0.1) is 0 Å². The van der Waals surface area contributed by atoms with Gasteiger partial charge in [-0.1, -0.05) is 12.1 Å². The van der Waals surface area contributed by atoms with Crippen molar-refractivity contribution in [3.05, 3.63) is 40.5 Å². The molecule has 0 radical (unpaired) electrons. The third-order valence-electron chi connectivity index (χ3n) is 5.77. The second-order valence-corrected chi connectivity index (χ2v) is 8.59. The summed E-state index contributed by atoms with van der Waals surface area (Å²) in [4.78, 5) is 7.08. The normalized spacial score (nSPS) is 19.5. The summed E-state index contributed by atoms with van der Waals surface area (Å²) < 4.78 is 14.0. The summed E-state index contributed by atoms with van der Waals surface area (Å²) in [7, 11) is 0. The highest BCUT2D eigenvalue weighted by Crippen LogP contribution is 2.33. The third-order valence-corrected chi connectivity index (χ3v) is 6.33. The number of nitrogens with one attached hydrogen (secondary N) is 2. The van der Waals surface area contributed by atoms with E-state index in [1.807, 2.05) is 22.7 Å². The van der Waals surface area contributed by atoms with Crippen LogP contribution in [0.2, 0.25) is 0 Å². The van der Waals surface area contributed by atoms with Crippen molar-refractivity contribution in [2.75, 3.05) is 43.1 Å². The zero-order valence-corrected chi connectivity index (χ0v) is 18.8. The Bertz CT molecular complexity index is 1090.